The van der Waals surface area contributed by atoms with E-state index in [0.717, 1.165) is 42.4 Å². The second kappa shape index (κ2) is 9.91. The fourth-order valence-electron chi connectivity index (χ4n) is 3.69. The molecule has 1 saturated heterocycles. The van der Waals surface area contributed by atoms with Crippen LogP contribution in [0.2, 0.25) is 0 Å². The highest BCUT2D eigenvalue weighted by Crippen LogP contribution is 2.25. The van der Waals surface area contributed by atoms with Gasteiger partial charge in [-0.2, -0.15) is 9.50 Å². The maximum Gasteiger partial charge on any atom is 0.274 e. The number of aromatic nitrogens is 3. The molecular formula is C22H27N5O3S. The van der Waals surface area contributed by atoms with Crippen LogP contribution < -0.4 is 20.5 Å². The van der Waals surface area contributed by atoms with E-state index < -0.39 is 5.56 Å². The van der Waals surface area contributed by atoms with Crippen LogP contribution in [-0.2, 0) is 6.42 Å². The van der Waals surface area contributed by atoms with Crippen molar-refractivity contribution in [3.8, 4) is 5.75 Å². The topological polar surface area (TPSA) is 88.8 Å². The molecule has 4 rings (SSSR count). The Kier molecular flexibility index (Phi) is 6.81. The molecule has 0 saturated carbocycles. The first kappa shape index (κ1) is 21.3. The molecule has 2 aromatic heterocycles. The molecule has 0 radical (unpaired) electrons. The van der Waals surface area contributed by atoms with E-state index in [-0.39, 0.29) is 11.6 Å². The van der Waals surface area contributed by atoms with Gasteiger partial charge in [-0.15, -0.1) is 5.10 Å². The minimum Gasteiger partial charge on any atom is -0.494 e. The summed E-state index contributed by atoms with van der Waals surface area (Å²) < 4.78 is 6.95. The Hall–Kier alpha value is -2.94. The minimum atomic E-state index is -0.428. The summed E-state index contributed by atoms with van der Waals surface area (Å²) in [4.78, 5) is 31.6. The number of amides is 1. The molecule has 1 fully saturated rings. The number of fused-ring (bicyclic) bond motifs is 1. The molecule has 0 aliphatic carbocycles. The molecule has 1 aromatic carbocycles. The SMILES string of the molecule is CCOc1ccc(CCNC(=O)c2cc(=O)nc3sc(N4CCCCCC4)nn23)cc1. The van der Waals surface area contributed by atoms with E-state index in [1.54, 1.807) is 0 Å². The highest BCUT2D eigenvalue weighted by atomic mass is 32.1. The third-order valence-electron chi connectivity index (χ3n) is 5.29. The monoisotopic (exact) mass is 441 g/mol. The van der Waals surface area contributed by atoms with Crippen LogP contribution >= 0.6 is 11.3 Å². The van der Waals surface area contributed by atoms with Crippen molar-refractivity contribution in [1.82, 2.24) is 19.9 Å². The van der Waals surface area contributed by atoms with E-state index in [1.807, 2.05) is 31.2 Å². The van der Waals surface area contributed by atoms with Crippen molar-refractivity contribution in [2.24, 2.45) is 0 Å². The second-order valence-electron chi connectivity index (χ2n) is 7.54. The zero-order valence-electron chi connectivity index (χ0n) is 17.7. The van der Waals surface area contributed by atoms with Gasteiger partial charge in [0.1, 0.15) is 11.4 Å². The van der Waals surface area contributed by atoms with Gasteiger partial charge in [0, 0.05) is 25.7 Å². The Labute approximate surface area is 184 Å². The number of rotatable bonds is 7. The van der Waals surface area contributed by atoms with Gasteiger partial charge in [0.15, 0.2) is 0 Å². The van der Waals surface area contributed by atoms with Gasteiger partial charge in [-0.1, -0.05) is 36.3 Å². The number of ether oxygens (including phenoxy) is 1. The zero-order chi connectivity index (χ0) is 21.6. The minimum absolute atomic E-state index is 0.221. The largest absolute Gasteiger partial charge is 0.494 e. The number of anilines is 1. The molecule has 0 spiro atoms. The normalized spacial score (nSPS) is 14.4. The van der Waals surface area contributed by atoms with Crippen molar-refractivity contribution < 1.29 is 9.53 Å². The predicted octanol–water partition coefficient (Wildman–Crippen LogP) is 2.90. The number of nitrogens with zero attached hydrogens (tertiary/aromatic N) is 4. The number of hydrogen-bond acceptors (Lipinski definition) is 7. The van der Waals surface area contributed by atoms with Gasteiger partial charge in [-0.05, 0) is 43.9 Å². The molecule has 1 amide bonds. The molecule has 1 aliphatic heterocycles. The van der Waals surface area contributed by atoms with Gasteiger partial charge < -0.3 is 15.0 Å². The van der Waals surface area contributed by atoms with Crippen LogP contribution in [-0.4, -0.2) is 46.7 Å². The number of nitrogens with one attached hydrogen (secondary N) is 1. The van der Waals surface area contributed by atoms with Crippen LogP contribution in [0.25, 0.3) is 4.96 Å². The first-order valence-corrected chi connectivity index (χ1v) is 11.6. The number of carbonyl (C=O) groups is 1. The van der Waals surface area contributed by atoms with Gasteiger partial charge in [-0.3, -0.25) is 9.59 Å². The van der Waals surface area contributed by atoms with Gasteiger partial charge in [0.05, 0.1) is 6.61 Å². The summed E-state index contributed by atoms with van der Waals surface area (Å²) in [6.07, 6.45) is 5.37. The molecule has 164 valence electrons. The lowest BCUT2D eigenvalue weighted by Gasteiger charge is -2.17. The van der Waals surface area contributed by atoms with E-state index in [1.165, 1.54) is 34.8 Å². The van der Waals surface area contributed by atoms with E-state index in [2.05, 4.69) is 20.3 Å². The summed E-state index contributed by atoms with van der Waals surface area (Å²) in [5.74, 6) is 0.505. The standard InChI is InChI=1S/C22H27N5O3S/c1-2-30-17-9-7-16(8-10-17)11-12-23-20(29)18-15-19(28)24-21-27(18)25-22(31-21)26-13-5-3-4-6-14-26/h7-10,15H,2-6,11-14H2,1H3,(H,23,29). The fraction of sp³-hybridized carbons (Fsp3) is 0.455. The van der Waals surface area contributed by atoms with Gasteiger partial charge in [0.25, 0.3) is 11.5 Å². The number of hydrogen-bond donors (Lipinski definition) is 1. The Morgan fingerprint density at radius 2 is 1.90 bits per heavy atom. The van der Waals surface area contributed by atoms with Gasteiger partial charge in [-0.25, -0.2) is 0 Å². The lowest BCUT2D eigenvalue weighted by Crippen LogP contribution is -2.29. The number of carbonyl (C=O) groups excluding carboxylic acids is 1. The predicted molar refractivity (Wildman–Crippen MR) is 121 cm³/mol. The molecule has 1 N–H and O–H groups in total. The Morgan fingerprint density at radius 1 is 1.16 bits per heavy atom. The molecule has 0 unspecified atom stereocenters. The van der Waals surface area contributed by atoms with Crippen LogP contribution in [0.4, 0.5) is 5.13 Å². The highest BCUT2D eigenvalue weighted by Gasteiger charge is 2.19. The molecule has 31 heavy (non-hydrogen) atoms. The van der Waals surface area contributed by atoms with Crippen LogP contribution in [0.15, 0.2) is 35.1 Å². The fourth-order valence-corrected chi connectivity index (χ4v) is 4.65. The lowest BCUT2D eigenvalue weighted by molar-refractivity contribution is 0.0946. The maximum absolute atomic E-state index is 12.8. The average molecular weight is 442 g/mol. The van der Waals surface area contributed by atoms with E-state index in [9.17, 15) is 9.59 Å². The molecule has 3 heterocycles. The van der Waals surface area contributed by atoms with Crippen molar-refractivity contribution in [1.29, 1.82) is 0 Å². The van der Waals surface area contributed by atoms with E-state index in [0.29, 0.717) is 24.5 Å². The highest BCUT2D eigenvalue weighted by molar-refractivity contribution is 7.20. The average Bonchev–Trinajstić information content (AvgIpc) is 3.00. The number of benzene rings is 1. The van der Waals surface area contributed by atoms with E-state index in [4.69, 9.17) is 4.74 Å². The quantitative estimate of drug-likeness (QED) is 0.607. The zero-order valence-corrected chi connectivity index (χ0v) is 18.5. The summed E-state index contributed by atoms with van der Waals surface area (Å²) >= 11 is 1.36. The summed E-state index contributed by atoms with van der Waals surface area (Å²) in [7, 11) is 0. The first-order chi connectivity index (χ1) is 15.1. The lowest BCUT2D eigenvalue weighted by atomic mass is 10.1. The second-order valence-corrected chi connectivity index (χ2v) is 8.48. The van der Waals surface area contributed by atoms with Crippen LogP contribution in [0.1, 0.15) is 48.7 Å². The molecule has 9 heteroatoms. The van der Waals surface area contributed by atoms with Crippen LogP contribution in [0.5, 0.6) is 5.75 Å². The summed E-state index contributed by atoms with van der Waals surface area (Å²) in [6.45, 7) is 4.91. The maximum atomic E-state index is 12.8. The smallest absolute Gasteiger partial charge is 0.274 e. The molecule has 8 nitrogen and oxygen atoms in total. The molecule has 1 aliphatic rings. The van der Waals surface area contributed by atoms with Crippen molar-refractivity contribution >= 4 is 27.3 Å². The third kappa shape index (κ3) is 5.22. The summed E-state index contributed by atoms with van der Waals surface area (Å²) in [5.41, 5.74) is 0.889. The molecule has 0 atom stereocenters. The molecular weight excluding hydrogens is 414 g/mol. The van der Waals surface area contributed by atoms with E-state index >= 15 is 0 Å². The molecule has 3 aromatic rings. The van der Waals surface area contributed by atoms with Crippen molar-refractivity contribution in [2.75, 3.05) is 31.1 Å². The van der Waals surface area contributed by atoms with Crippen molar-refractivity contribution in [3.05, 3.63) is 51.9 Å². The van der Waals surface area contributed by atoms with Crippen LogP contribution in [0, 0.1) is 0 Å². The first-order valence-electron chi connectivity index (χ1n) is 10.8. The third-order valence-corrected chi connectivity index (χ3v) is 6.26. The Bertz CT molecular complexity index is 1080. The summed E-state index contributed by atoms with van der Waals surface area (Å²) in [5, 5.41) is 8.33. The Balaban J connectivity index is 1.46. The summed E-state index contributed by atoms with van der Waals surface area (Å²) in [6, 6.07) is 9.07. The van der Waals surface area contributed by atoms with Gasteiger partial charge >= 0.3 is 0 Å². The van der Waals surface area contributed by atoms with Crippen molar-refractivity contribution in [2.45, 2.75) is 39.0 Å². The molecule has 0 bridgehead atoms. The van der Waals surface area contributed by atoms with Gasteiger partial charge in [0.2, 0.25) is 10.1 Å². The van der Waals surface area contributed by atoms with Crippen LogP contribution in [0.3, 0.4) is 0 Å². The van der Waals surface area contributed by atoms with Crippen molar-refractivity contribution in [3.63, 3.8) is 0 Å². The Morgan fingerprint density at radius 3 is 2.61 bits per heavy atom.